The van der Waals surface area contributed by atoms with Crippen molar-refractivity contribution >= 4 is 0 Å². The summed E-state index contributed by atoms with van der Waals surface area (Å²) >= 11 is 0. The van der Waals surface area contributed by atoms with E-state index in [1.165, 1.54) is 5.56 Å². The minimum Gasteiger partial charge on any atom is -0.356 e. The Morgan fingerprint density at radius 2 is 2.08 bits per heavy atom. The fourth-order valence-corrected chi connectivity index (χ4v) is 1.46. The molecule has 0 bridgehead atoms. The fourth-order valence-electron chi connectivity index (χ4n) is 1.46. The lowest BCUT2D eigenvalue weighted by Gasteiger charge is -1.96. The molecule has 1 saturated heterocycles. The van der Waals surface area contributed by atoms with Gasteiger partial charge in [0.15, 0.2) is 0 Å². The number of ether oxygens (including phenoxy) is 1. The van der Waals surface area contributed by atoms with Crippen LogP contribution in [0.4, 0.5) is 0 Å². The lowest BCUT2D eigenvalue weighted by molar-refractivity contribution is 0.382. The summed E-state index contributed by atoms with van der Waals surface area (Å²) in [5, 5.41) is 0. The second-order valence-corrected chi connectivity index (χ2v) is 3.29. The third-order valence-electron chi connectivity index (χ3n) is 2.31. The molecule has 1 aromatic carbocycles. The summed E-state index contributed by atoms with van der Waals surface area (Å²) in [5.41, 5.74) is 1.36. The van der Waals surface area contributed by atoms with Gasteiger partial charge in [-0.2, -0.15) is 0 Å². The summed E-state index contributed by atoms with van der Waals surface area (Å²) < 4.78 is 5.25. The Balaban J connectivity index is 1.79. The van der Waals surface area contributed by atoms with Crippen LogP contribution >= 0.6 is 0 Å². The van der Waals surface area contributed by atoms with Crippen LogP contribution in [0.3, 0.4) is 0 Å². The highest BCUT2D eigenvalue weighted by molar-refractivity contribution is 5.16. The van der Waals surface area contributed by atoms with Crippen LogP contribution in [-0.2, 0) is 11.2 Å². The molecule has 66 valence electrons. The normalized spacial score (nSPS) is 25.2. The molecule has 2 rings (SSSR count). The maximum atomic E-state index is 5.25. The highest BCUT2D eigenvalue weighted by atomic mass is 16.6. The van der Waals surface area contributed by atoms with Gasteiger partial charge in [0.05, 0.1) is 6.10 Å². The van der Waals surface area contributed by atoms with Gasteiger partial charge in [-0.15, -0.1) is 6.42 Å². The zero-order valence-electron chi connectivity index (χ0n) is 7.44. The van der Waals surface area contributed by atoms with Crippen LogP contribution in [0.25, 0.3) is 0 Å². The Labute approximate surface area is 78.7 Å². The van der Waals surface area contributed by atoms with E-state index in [4.69, 9.17) is 11.2 Å². The predicted molar refractivity (Wildman–Crippen MR) is 52.3 cm³/mol. The number of rotatable bonds is 3. The van der Waals surface area contributed by atoms with Crippen LogP contribution in [-0.4, -0.2) is 12.2 Å². The molecule has 0 N–H and O–H groups in total. The zero-order chi connectivity index (χ0) is 9.10. The van der Waals surface area contributed by atoms with Crippen LogP contribution in [0.2, 0.25) is 0 Å². The second-order valence-electron chi connectivity index (χ2n) is 3.29. The summed E-state index contributed by atoms with van der Waals surface area (Å²) in [6, 6.07) is 10.4. The molecule has 0 spiro atoms. The van der Waals surface area contributed by atoms with Crippen LogP contribution in [0.15, 0.2) is 30.3 Å². The molecule has 1 heteroatoms. The van der Waals surface area contributed by atoms with Crippen LogP contribution in [0.5, 0.6) is 0 Å². The minimum atomic E-state index is 0.0868. The number of hydrogen-bond donors (Lipinski definition) is 0. The SMILES string of the molecule is C#CC1OC1CCc1ccccc1. The standard InChI is InChI=1S/C12H12O/c1-2-11-12(13-11)9-8-10-6-4-3-5-7-10/h1,3-7,11-12H,8-9H2. The van der Waals surface area contributed by atoms with Crippen molar-refractivity contribution in [3.8, 4) is 12.3 Å². The van der Waals surface area contributed by atoms with Crippen molar-refractivity contribution in [3.63, 3.8) is 0 Å². The average Bonchev–Trinajstić information content (AvgIpc) is 2.95. The second kappa shape index (κ2) is 3.64. The summed E-state index contributed by atoms with van der Waals surface area (Å²) in [4.78, 5) is 0. The van der Waals surface area contributed by atoms with Crippen LogP contribution < -0.4 is 0 Å². The zero-order valence-corrected chi connectivity index (χ0v) is 7.44. The Hall–Kier alpha value is -1.26. The van der Waals surface area contributed by atoms with Gasteiger partial charge < -0.3 is 4.74 Å². The molecule has 1 aliphatic heterocycles. The maximum absolute atomic E-state index is 5.25. The fraction of sp³-hybridized carbons (Fsp3) is 0.333. The van der Waals surface area contributed by atoms with Crippen LogP contribution in [0, 0.1) is 12.3 Å². The highest BCUT2D eigenvalue weighted by Crippen LogP contribution is 2.25. The molecule has 0 radical (unpaired) electrons. The van der Waals surface area contributed by atoms with Gasteiger partial charge >= 0.3 is 0 Å². The molecule has 1 aliphatic rings. The molecule has 1 aromatic rings. The third-order valence-corrected chi connectivity index (χ3v) is 2.31. The number of benzene rings is 1. The van der Waals surface area contributed by atoms with Crippen molar-refractivity contribution in [2.75, 3.05) is 0 Å². The predicted octanol–water partition coefficient (Wildman–Crippen LogP) is 2.02. The number of aryl methyl sites for hydroxylation is 1. The first-order chi connectivity index (χ1) is 6.40. The molecular weight excluding hydrogens is 160 g/mol. The molecular formula is C12H12O. The Bertz CT molecular complexity index is 310. The Morgan fingerprint density at radius 3 is 2.69 bits per heavy atom. The largest absolute Gasteiger partial charge is 0.356 e. The number of terminal acetylenes is 1. The molecule has 0 aliphatic carbocycles. The first kappa shape index (κ1) is 8.34. The summed E-state index contributed by atoms with van der Waals surface area (Å²) in [7, 11) is 0. The van der Waals surface area contributed by atoms with E-state index in [-0.39, 0.29) is 6.10 Å². The van der Waals surface area contributed by atoms with Gasteiger partial charge in [0.2, 0.25) is 0 Å². The summed E-state index contributed by atoms with van der Waals surface area (Å²) in [5.74, 6) is 2.60. The Morgan fingerprint density at radius 1 is 1.31 bits per heavy atom. The lowest BCUT2D eigenvalue weighted by atomic mass is 10.1. The van der Waals surface area contributed by atoms with Gasteiger partial charge in [0.1, 0.15) is 6.10 Å². The van der Waals surface area contributed by atoms with E-state index >= 15 is 0 Å². The van der Waals surface area contributed by atoms with Crippen molar-refractivity contribution in [3.05, 3.63) is 35.9 Å². The van der Waals surface area contributed by atoms with Gasteiger partial charge in [0.25, 0.3) is 0 Å². The molecule has 0 saturated carbocycles. The van der Waals surface area contributed by atoms with Crippen molar-refractivity contribution in [1.82, 2.24) is 0 Å². The third kappa shape index (κ3) is 2.11. The summed E-state index contributed by atoms with van der Waals surface area (Å²) in [6.07, 6.45) is 7.72. The van der Waals surface area contributed by atoms with E-state index in [0.717, 1.165) is 12.8 Å². The van der Waals surface area contributed by atoms with Crippen molar-refractivity contribution < 1.29 is 4.74 Å². The number of hydrogen-bond acceptors (Lipinski definition) is 1. The van der Waals surface area contributed by atoms with Gasteiger partial charge in [-0.3, -0.25) is 0 Å². The molecule has 1 nitrogen and oxygen atoms in total. The first-order valence-electron chi connectivity index (χ1n) is 4.55. The van der Waals surface area contributed by atoms with E-state index < -0.39 is 0 Å². The topological polar surface area (TPSA) is 12.5 Å². The van der Waals surface area contributed by atoms with Gasteiger partial charge in [0, 0.05) is 0 Å². The first-order valence-corrected chi connectivity index (χ1v) is 4.55. The summed E-state index contributed by atoms with van der Waals surface area (Å²) in [6.45, 7) is 0. The monoisotopic (exact) mass is 172 g/mol. The minimum absolute atomic E-state index is 0.0868. The van der Waals surface area contributed by atoms with Gasteiger partial charge in [-0.05, 0) is 18.4 Å². The van der Waals surface area contributed by atoms with E-state index in [1.807, 2.05) is 6.07 Å². The van der Waals surface area contributed by atoms with Crippen LogP contribution in [0.1, 0.15) is 12.0 Å². The van der Waals surface area contributed by atoms with E-state index in [0.29, 0.717) is 6.10 Å². The van der Waals surface area contributed by atoms with E-state index in [2.05, 4.69) is 30.2 Å². The molecule has 0 amide bonds. The highest BCUT2D eigenvalue weighted by Gasteiger charge is 2.36. The Kier molecular flexibility index (Phi) is 2.33. The average molecular weight is 172 g/mol. The molecule has 13 heavy (non-hydrogen) atoms. The molecule has 2 unspecified atom stereocenters. The van der Waals surface area contributed by atoms with E-state index in [9.17, 15) is 0 Å². The van der Waals surface area contributed by atoms with Gasteiger partial charge in [-0.1, -0.05) is 36.3 Å². The maximum Gasteiger partial charge on any atom is 0.144 e. The molecule has 1 fully saturated rings. The van der Waals surface area contributed by atoms with Gasteiger partial charge in [-0.25, -0.2) is 0 Å². The van der Waals surface area contributed by atoms with E-state index in [1.54, 1.807) is 0 Å². The molecule has 0 aromatic heterocycles. The smallest absolute Gasteiger partial charge is 0.144 e. The quantitative estimate of drug-likeness (QED) is 0.502. The number of epoxide rings is 1. The molecule has 2 atom stereocenters. The van der Waals surface area contributed by atoms with Crippen molar-refractivity contribution in [1.29, 1.82) is 0 Å². The van der Waals surface area contributed by atoms with Crippen molar-refractivity contribution in [2.45, 2.75) is 25.0 Å². The lowest BCUT2D eigenvalue weighted by Crippen LogP contribution is -1.94. The molecule has 1 heterocycles. The van der Waals surface area contributed by atoms with Crippen molar-refractivity contribution in [2.24, 2.45) is 0 Å².